The molecule has 8 nitrogen and oxygen atoms in total. The quantitative estimate of drug-likeness (QED) is 0.250. The first-order valence-electron chi connectivity index (χ1n) is 12.6. The van der Waals surface area contributed by atoms with E-state index < -0.39 is 15.9 Å². The van der Waals surface area contributed by atoms with Crippen LogP contribution >= 0.6 is 51.3 Å². The van der Waals surface area contributed by atoms with Crippen molar-refractivity contribution in [3.8, 4) is 6.07 Å². The van der Waals surface area contributed by atoms with Gasteiger partial charge in [0, 0.05) is 43.6 Å². The molecule has 0 radical (unpaired) electrons. The summed E-state index contributed by atoms with van der Waals surface area (Å²) in [6.45, 7) is 0. The molecule has 5 rings (SSSR count). The van der Waals surface area contributed by atoms with Gasteiger partial charge in [0.15, 0.2) is 10.9 Å². The van der Waals surface area contributed by atoms with Crippen molar-refractivity contribution in [3.05, 3.63) is 109 Å². The second-order valence-electron chi connectivity index (χ2n) is 9.57. The maximum atomic E-state index is 13.6. The van der Waals surface area contributed by atoms with Gasteiger partial charge in [-0.05, 0) is 91.3 Å². The number of hydrogen-bond donors (Lipinski definition) is 3. The Hall–Kier alpha value is -3.24. The number of hydrogen-bond acceptors (Lipinski definition) is 6. The van der Waals surface area contributed by atoms with E-state index >= 15 is 0 Å². The summed E-state index contributed by atoms with van der Waals surface area (Å²) in [5.74, 6) is -0.596. The van der Waals surface area contributed by atoms with Crippen molar-refractivity contribution in [1.82, 2.24) is 5.32 Å². The molecule has 0 spiro atoms. The first-order chi connectivity index (χ1) is 20.0. The zero-order valence-corrected chi connectivity index (χ0v) is 26.4. The lowest BCUT2D eigenvalue weighted by molar-refractivity contribution is -0.116. The Labute approximate surface area is 267 Å². The molecule has 4 N–H and O–H groups in total. The highest BCUT2D eigenvalue weighted by molar-refractivity contribution is 9.10. The summed E-state index contributed by atoms with van der Waals surface area (Å²) in [5, 5.41) is 23.2. The summed E-state index contributed by atoms with van der Waals surface area (Å²) in [7, 11) is -3.95. The van der Waals surface area contributed by atoms with Crippen molar-refractivity contribution in [3.63, 3.8) is 0 Å². The van der Waals surface area contributed by atoms with Gasteiger partial charge in [0.2, 0.25) is 10.0 Å². The number of Topliss-reactive ketones (excluding diaryl/α,β-unsaturated/α-hetero) is 1. The molecule has 0 saturated carbocycles. The Kier molecular flexibility index (Phi) is 8.76. The summed E-state index contributed by atoms with van der Waals surface area (Å²) in [4.78, 5) is 15.2. The lowest BCUT2D eigenvalue weighted by atomic mass is 9.75. The third kappa shape index (κ3) is 6.10. The number of rotatable bonds is 5. The third-order valence-electron chi connectivity index (χ3n) is 6.91. The molecule has 0 aromatic heterocycles. The Balaban J connectivity index is 1.70. The van der Waals surface area contributed by atoms with E-state index in [0.29, 0.717) is 63.3 Å². The minimum Gasteiger partial charge on any atom is -0.332 e. The van der Waals surface area contributed by atoms with Gasteiger partial charge in [0.1, 0.15) is 5.82 Å². The number of ketones is 1. The number of nitriles is 1. The summed E-state index contributed by atoms with van der Waals surface area (Å²) in [6.07, 6.45) is 1.40. The first kappa shape index (κ1) is 30.2. The predicted molar refractivity (Wildman–Crippen MR) is 172 cm³/mol. The van der Waals surface area contributed by atoms with E-state index in [4.69, 9.17) is 40.6 Å². The Morgan fingerprint density at radius 3 is 2.36 bits per heavy atom. The van der Waals surface area contributed by atoms with Crippen LogP contribution < -0.4 is 20.7 Å². The zero-order chi connectivity index (χ0) is 30.2. The molecule has 1 unspecified atom stereocenters. The molecule has 13 heteroatoms. The van der Waals surface area contributed by atoms with E-state index in [1.807, 2.05) is 24.3 Å². The minimum absolute atomic E-state index is 0.0746. The summed E-state index contributed by atoms with van der Waals surface area (Å²) < 4.78 is 24.8. The fraction of sp³-hybridized carbons (Fsp3) is 0.138. The van der Waals surface area contributed by atoms with Gasteiger partial charge >= 0.3 is 0 Å². The van der Waals surface area contributed by atoms with E-state index in [-0.39, 0.29) is 21.4 Å². The van der Waals surface area contributed by atoms with Crippen molar-refractivity contribution >= 4 is 83.6 Å². The van der Waals surface area contributed by atoms with Crippen LogP contribution in [-0.4, -0.2) is 19.3 Å². The monoisotopic (exact) mass is 701 g/mol. The molecule has 0 amide bonds. The number of carbonyl (C=O) groups excluding carboxylic acids is 1. The van der Waals surface area contributed by atoms with E-state index in [0.717, 1.165) is 4.47 Å². The molecule has 214 valence electrons. The highest BCUT2D eigenvalue weighted by atomic mass is 79.9. The van der Waals surface area contributed by atoms with Gasteiger partial charge in [0.25, 0.3) is 0 Å². The summed E-state index contributed by atoms with van der Waals surface area (Å²) in [6, 6.07) is 20.5. The highest BCUT2D eigenvalue weighted by Gasteiger charge is 2.42. The van der Waals surface area contributed by atoms with Crippen LogP contribution in [0.1, 0.15) is 30.7 Å². The van der Waals surface area contributed by atoms with Crippen LogP contribution in [0.3, 0.4) is 0 Å². The van der Waals surface area contributed by atoms with Crippen LogP contribution in [0.15, 0.2) is 98.8 Å². The normalized spacial score (nSPS) is 17.1. The van der Waals surface area contributed by atoms with Crippen LogP contribution in [0.25, 0.3) is 0 Å². The number of halogens is 3. The summed E-state index contributed by atoms with van der Waals surface area (Å²) in [5.41, 5.74) is 3.06. The minimum atomic E-state index is -3.95. The van der Waals surface area contributed by atoms with E-state index in [2.05, 4.69) is 32.6 Å². The molecule has 0 fully saturated rings. The predicted octanol–water partition coefficient (Wildman–Crippen LogP) is 6.74. The number of sulfonamides is 1. The Bertz CT molecular complexity index is 1820. The van der Waals surface area contributed by atoms with Crippen LogP contribution in [0.2, 0.25) is 10.0 Å². The number of anilines is 2. The molecule has 3 aromatic rings. The number of nitrogens with zero attached hydrogens (tertiary/aromatic N) is 2. The van der Waals surface area contributed by atoms with Crippen molar-refractivity contribution < 1.29 is 13.2 Å². The molecule has 1 heterocycles. The number of allylic oxidation sites excluding steroid dienone is 3. The lowest BCUT2D eigenvalue weighted by Crippen LogP contribution is -2.43. The van der Waals surface area contributed by atoms with Gasteiger partial charge < -0.3 is 10.6 Å². The first-order valence-corrected chi connectivity index (χ1v) is 16.1. The van der Waals surface area contributed by atoms with Gasteiger partial charge in [-0.3, -0.25) is 9.69 Å². The van der Waals surface area contributed by atoms with Gasteiger partial charge in [-0.1, -0.05) is 45.2 Å². The molecule has 0 bridgehead atoms. The molecule has 1 atom stereocenters. The van der Waals surface area contributed by atoms with Gasteiger partial charge in [0.05, 0.1) is 22.5 Å². The van der Waals surface area contributed by atoms with Crippen molar-refractivity contribution in [1.29, 1.82) is 5.26 Å². The van der Waals surface area contributed by atoms with Crippen LogP contribution in [0.4, 0.5) is 11.4 Å². The highest BCUT2D eigenvalue weighted by Crippen LogP contribution is 2.48. The zero-order valence-electron chi connectivity index (χ0n) is 21.7. The maximum Gasteiger partial charge on any atom is 0.238 e. The molecule has 3 aromatic carbocycles. The number of carbonyl (C=O) groups is 1. The largest absolute Gasteiger partial charge is 0.332 e. The molecular formula is C29H22BrCl2N5O3S2. The molecule has 2 aliphatic rings. The second kappa shape index (κ2) is 12.2. The van der Waals surface area contributed by atoms with Crippen molar-refractivity contribution in [2.45, 2.75) is 30.1 Å². The standard InChI is InChI=1S/C29H22BrCl2N5O3S2/c30-16-4-7-18(8-5-16)35-29(41)36-28-22(15-33)26(21-13-6-17(31)14-23(21)32)27-24(2-1-3-25(27)38)37(28)19-9-11-20(12-10-19)42(34,39)40/h4-14,26H,1-3H2,(H2,34,39,40)(H2,35,36,41). The van der Waals surface area contributed by atoms with Gasteiger partial charge in [-0.25, -0.2) is 13.6 Å². The van der Waals surface area contributed by atoms with E-state index in [1.165, 1.54) is 12.1 Å². The fourth-order valence-electron chi connectivity index (χ4n) is 5.10. The van der Waals surface area contributed by atoms with E-state index in [1.54, 1.807) is 35.2 Å². The molecule has 1 aliphatic carbocycles. The van der Waals surface area contributed by atoms with Crippen LogP contribution in [0, 0.1) is 11.3 Å². The van der Waals surface area contributed by atoms with Crippen molar-refractivity contribution in [2.75, 3.05) is 10.2 Å². The molecule has 0 saturated heterocycles. The maximum absolute atomic E-state index is 13.6. The smallest absolute Gasteiger partial charge is 0.238 e. The number of nitrogens with two attached hydrogens (primary N) is 1. The fourth-order valence-corrected chi connectivity index (χ4v) is 6.62. The topological polar surface area (TPSA) is 128 Å². The lowest BCUT2D eigenvalue weighted by Gasteiger charge is -2.41. The number of benzene rings is 3. The van der Waals surface area contributed by atoms with Crippen LogP contribution in [0.5, 0.6) is 0 Å². The van der Waals surface area contributed by atoms with E-state index in [9.17, 15) is 18.5 Å². The third-order valence-corrected chi connectivity index (χ3v) is 9.13. The van der Waals surface area contributed by atoms with Crippen LogP contribution in [-0.2, 0) is 14.8 Å². The number of thiocarbonyl (C=S) groups is 1. The average Bonchev–Trinajstić information content (AvgIpc) is 2.93. The number of nitrogens with one attached hydrogen (secondary N) is 2. The second-order valence-corrected chi connectivity index (χ2v) is 13.3. The average molecular weight is 703 g/mol. The van der Waals surface area contributed by atoms with Gasteiger partial charge in [-0.15, -0.1) is 0 Å². The Morgan fingerprint density at radius 2 is 1.74 bits per heavy atom. The summed E-state index contributed by atoms with van der Waals surface area (Å²) >= 11 is 21.9. The number of primary sulfonamides is 1. The van der Waals surface area contributed by atoms with Crippen molar-refractivity contribution in [2.24, 2.45) is 5.14 Å². The molecule has 1 aliphatic heterocycles. The molecule has 42 heavy (non-hydrogen) atoms. The SMILES string of the molecule is N#CC1=C(NC(=S)Nc2ccc(Br)cc2)N(c2ccc(S(N)(=O)=O)cc2)C2=C(C(=O)CCC2)C1c1ccc(Cl)cc1Cl. The van der Waals surface area contributed by atoms with Gasteiger partial charge in [-0.2, -0.15) is 5.26 Å². The molecular weight excluding hydrogens is 681 g/mol. The Morgan fingerprint density at radius 1 is 1.05 bits per heavy atom.